The van der Waals surface area contributed by atoms with E-state index in [1.165, 1.54) is 6.21 Å². The summed E-state index contributed by atoms with van der Waals surface area (Å²) >= 11 is 0. The first-order valence-corrected chi connectivity index (χ1v) is 6.55. The minimum atomic E-state index is -1.65. The lowest BCUT2D eigenvalue weighted by atomic mass is 10.1. The first-order chi connectivity index (χ1) is 11.1. The Morgan fingerprint density at radius 2 is 2.00 bits per heavy atom. The molecule has 8 nitrogen and oxygen atoms in total. The van der Waals surface area contributed by atoms with Gasteiger partial charge < -0.3 is 9.52 Å². The fraction of sp³-hybridized carbons (Fsp3) is 0.0667. The van der Waals surface area contributed by atoms with Gasteiger partial charge in [0.15, 0.2) is 0 Å². The van der Waals surface area contributed by atoms with Crippen LogP contribution in [0, 0.1) is 11.3 Å². The fourth-order valence-corrected chi connectivity index (χ4v) is 1.97. The highest BCUT2D eigenvalue weighted by Crippen LogP contribution is 2.22. The number of hydrogen-bond acceptors (Lipinski definition) is 6. The number of carbonyl (C=O) groups excluding carboxylic acids is 2. The maximum absolute atomic E-state index is 11.4. The first kappa shape index (κ1) is 14.5. The number of nitriles is 1. The Hall–Kier alpha value is -3.44. The van der Waals surface area contributed by atoms with E-state index in [0.717, 1.165) is 5.56 Å². The van der Waals surface area contributed by atoms with Crippen molar-refractivity contribution in [1.82, 2.24) is 10.3 Å². The van der Waals surface area contributed by atoms with Crippen LogP contribution in [0.25, 0.3) is 11.3 Å². The van der Waals surface area contributed by atoms with Crippen LogP contribution >= 0.6 is 0 Å². The Balaban J connectivity index is 1.77. The van der Waals surface area contributed by atoms with E-state index in [9.17, 15) is 14.7 Å². The molecule has 1 fully saturated rings. The van der Waals surface area contributed by atoms with Crippen LogP contribution < -0.4 is 5.32 Å². The van der Waals surface area contributed by atoms with Crippen LogP contribution in [0.2, 0.25) is 0 Å². The number of rotatable bonds is 3. The molecule has 23 heavy (non-hydrogen) atoms. The molecule has 1 aliphatic heterocycles. The average molecular weight is 310 g/mol. The van der Waals surface area contributed by atoms with E-state index < -0.39 is 18.2 Å². The zero-order valence-corrected chi connectivity index (χ0v) is 11.6. The van der Waals surface area contributed by atoms with Crippen molar-refractivity contribution in [3.05, 3.63) is 47.7 Å². The molecule has 1 aromatic heterocycles. The lowest BCUT2D eigenvalue weighted by molar-refractivity contribution is -0.130. The second-order valence-electron chi connectivity index (χ2n) is 4.65. The van der Waals surface area contributed by atoms with Crippen molar-refractivity contribution in [3.8, 4) is 17.4 Å². The van der Waals surface area contributed by atoms with Crippen molar-refractivity contribution >= 4 is 18.2 Å². The number of urea groups is 1. The molecule has 0 aliphatic carbocycles. The van der Waals surface area contributed by atoms with Crippen LogP contribution in [0.4, 0.5) is 4.79 Å². The second kappa shape index (κ2) is 5.75. The van der Waals surface area contributed by atoms with Crippen LogP contribution in [-0.2, 0) is 4.79 Å². The summed E-state index contributed by atoms with van der Waals surface area (Å²) in [7, 11) is 0. The van der Waals surface area contributed by atoms with Gasteiger partial charge in [-0.3, -0.25) is 10.1 Å². The summed E-state index contributed by atoms with van der Waals surface area (Å²) in [6.45, 7) is 0. The highest BCUT2D eigenvalue weighted by atomic mass is 16.3. The molecule has 1 saturated heterocycles. The van der Waals surface area contributed by atoms with E-state index in [1.807, 2.05) is 11.4 Å². The summed E-state index contributed by atoms with van der Waals surface area (Å²) in [5, 5.41) is 24.5. The third kappa shape index (κ3) is 2.81. The van der Waals surface area contributed by atoms with E-state index in [0.29, 0.717) is 22.1 Å². The molecule has 2 aromatic rings. The van der Waals surface area contributed by atoms with E-state index in [2.05, 4.69) is 5.10 Å². The van der Waals surface area contributed by atoms with Crippen molar-refractivity contribution < 1.29 is 19.1 Å². The lowest BCUT2D eigenvalue weighted by Crippen LogP contribution is -2.30. The van der Waals surface area contributed by atoms with Gasteiger partial charge in [0, 0.05) is 5.56 Å². The average Bonchev–Trinajstić information content (AvgIpc) is 3.12. The number of hydrogen-bond donors (Lipinski definition) is 2. The van der Waals surface area contributed by atoms with Crippen molar-refractivity contribution in [1.29, 1.82) is 5.26 Å². The van der Waals surface area contributed by atoms with Gasteiger partial charge >= 0.3 is 6.03 Å². The molecule has 0 spiro atoms. The number of carbonyl (C=O) groups is 2. The standard InChI is InChI=1S/C15H10N4O4/c16-7-9-1-3-10(4-2-9)12-6-5-11(23-12)8-17-19-14(21)13(20)18-15(19)22/h1-6,8,14,21H,(H,18,20,22)/b17-8+. The smallest absolute Gasteiger partial charge is 0.347 e. The van der Waals surface area contributed by atoms with E-state index >= 15 is 0 Å². The predicted molar refractivity (Wildman–Crippen MR) is 77.8 cm³/mol. The number of furan rings is 1. The van der Waals surface area contributed by atoms with Crippen molar-refractivity contribution in [2.45, 2.75) is 6.23 Å². The minimum absolute atomic E-state index is 0.337. The van der Waals surface area contributed by atoms with Crippen LogP contribution in [0.15, 0.2) is 45.9 Å². The quantitative estimate of drug-likeness (QED) is 0.648. The monoisotopic (exact) mass is 310 g/mol. The van der Waals surface area contributed by atoms with Crippen molar-refractivity contribution in [3.63, 3.8) is 0 Å². The zero-order chi connectivity index (χ0) is 16.4. The van der Waals surface area contributed by atoms with E-state index in [1.54, 1.807) is 36.4 Å². The van der Waals surface area contributed by atoms with Gasteiger partial charge in [0.1, 0.15) is 11.5 Å². The number of aliphatic hydroxyl groups is 1. The number of nitrogens with zero attached hydrogens (tertiary/aromatic N) is 3. The summed E-state index contributed by atoms with van der Waals surface area (Å²) in [4.78, 5) is 22.5. The minimum Gasteiger partial charge on any atom is -0.455 e. The summed E-state index contributed by atoms with van der Waals surface area (Å²) in [5.74, 6) is 0.0620. The van der Waals surface area contributed by atoms with E-state index in [-0.39, 0.29) is 0 Å². The molecule has 1 atom stereocenters. The fourth-order valence-electron chi connectivity index (χ4n) is 1.97. The molecular formula is C15H10N4O4. The lowest BCUT2D eigenvalue weighted by Gasteiger charge is -2.08. The molecule has 1 aliphatic rings. The van der Waals surface area contributed by atoms with E-state index in [4.69, 9.17) is 9.68 Å². The second-order valence-corrected chi connectivity index (χ2v) is 4.65. The van der Waals surface area contributed by atoms with Gasteiger partial charge in [0.05, 0.1) is 17.8 Å². The first-order valence-electron chi connectivity index (χ1n) is 6.55. The maximum atomic E-state index is 11.4. The summed E-state index contributed by atoms with van der Waals surface area (Å²) in [6, 6.07) is 11.4. The Bertz CT molecular complexity index is 832. The van der Waals surface area contributed by atoms with Crippen molar-refractivity contribution in [2.75, 3.05) is 0 Å². The van der Waals surface area contributed by atoms with Gasteiger partial charge in [0.25, 0.3) is 5.91 Å². The third-order valence-corrected chi connectivity index (χ3v) is 3.14. The molecule has 3 rings (SSSR count). The molecule has 8 heteroatoms. The maximum Gasteiger partial charge on any atom is 0.347 e. The van der Waals surface area contributed by atoms with Crippen molar-refractivity contribution in [2.24, 2.45) is 5.10 Å². The van der Waals surface area contributed by atoms with Crippen LogP contribution in [0.1, 0.15) is 11.3 Å². The third-order valence-electron chi connectivity index (χ3n) is 3.14. The number of aliphatic hydroxyl groups excluding tert-OH is 1. The molecule has 114 valence electrons. The number of hydrazone groups is 1. The Morgan fingerprint density at radius 1 is 1.26 bits per heavy atom. The largest absolute Gasteiger partial charge is 0.455 e. The summed E-state index contributed by atoms with van der Waals surface area (Å²) < 4.78 is 5.54. The van der Waals surface area contributed by atoms with Gasteiger partial charge in [-0.15, -0.1) is 0 Å². The summed E-state index contributed by atoms with van der Waals surface area (Å²) in [6.07, 6.45) is -0.430. The topological polar surface area (TPSA) is 119 Å². The molecule has 3 amide bonds. The molecule has 1 unspecified atom stereocenters. The molecular weight excluding hydrogens is 300 g/mol. The Labute approximate surface area is 130 Å². The highest BCUT2D eigenvalue weighted by Gasteiger charge is 2.37. The van der Waals surface area contributed by atoms with Gasteiger partial charge in [-0.2, -0.15) is 15.4 Å². The highest BCUT2D eigenvalue weighted by molar-refractivity contribution is 6.03. The molecule has 2 N–H and O–H groups in total. The van der Waals surface area contributed by atoms with Gasteiger partial charge in [0.2, 0.25) is 6.23 Å². The number of amides is 3. The molecule has 0 bridgehead atoms. The van der Waals surface area contributed by atoms with Gasteiger partial charge in [-0.1, -0.05) is 0 Å². The predicted octanol–water partition coefficient (Wildman–Crippen LogP) is 1.02. The Morgan fingerprint density at radius 3 is 2.61 bits per heavy atom. The molecule has 2 heterocycles. The van der Waals surface area contributed by atoms with Crippen LogP contribution in [-0.4, -0.2) is 34.5 Å². The SMILES string of the molecule is N#Cc1ccc(-c2ccc(/C=N/N3C(=O)NC(=O)C3O)o2)cc1. The molecule has 0 radical (unpaired) electrons. The normalized spacial score (nSPS) is 17.6. The van der Waals surface area contributed by atoms with Gasteiger partial charge in [-0.05, 0) is 36.4 Å². The van der Waals surface area contributed by atoms with Crippen LogP contribution in [0.3, 0.4) is 0 Å². The number of imide groups is 1. The Kier molecular flexibility index (Phi) is 3.62. The molecule has 0 saturated carbocycles. The summed E-state index contributed by atoms with van der Waals surface area (Å²) in [5.41, 5.74) is 1.32. The zero-order valence-electron chi connectivity index (χ0n) is 11.6. The van der Waals surface area contributed by atoms with Gasteiger partial charge in [-0.25, -0.2) is 4.79 Å². The molecule has 1 aromatic carbocycles. The number of benzene rings is 1. The van der Waals surface area contributed by atoms with Crippen LogP contribution in [0.5, 0.6) is 0 Å². The number of nitrogens with one attached hydrogen (secondary N) is 1.